The molecule has 1 aromatic carbocycles. The van der Waals surface area contributed by atoms with Gasteiger partial charge in [-0.25, -0.2) is 0 Å². The van der Waals surface area contributed by atoms with Crippen LogP contribution in [0.2, 0.25) is 0 Å². The molecule has 2 heteroatoms. The van der Waals surface area contributed by atoms with Gasteiger partial charge in [0.1, 0.15) is 12.4 Å². The van der Waals surface area contributed by atoms with Crippen LogP contribution in [-0.4, -0.2) is 12.4 Å². The maximum atomic E-state index is 11.9. The number of rotatable bonds is 0. The Balaban J connectivity index is 2.52. The minimum atomic E-state index is -0.381. The molecule has 2 rings (SSSR count). The molecule has 1 aromatic rings. The molecule has 0 aliphatic carbocycles. The van der Waals surface area contributed by atoms with Gasteiger partial charge in [0.15, 0.2) is 5.78 Å². The van der Waals surface area contributed by atoms with Gasteiger partial charge < -0.3 is 4.74 Å². The molecule has 0 saturated heterocycles. The fourth-order valence-electron chi connectivity index (χ4n) is 1.47. The van der Waals surface area contributed by atoms with Gasteiger partial charge in [-0.2, -0.15) is 0 Å². The number of Topliss-reactive ketones (excluding diaryl/α,β-unsaturated/α-hetero) is 1. The average Bonchev–Trinajstić information content (AvgIpc) is 2.13. The summed E-state index contributed by atoms with van der Waals surface area (Å²) in [6.07, 6.45) is 0. The zero-order chi connectivity index (χ0) is 9.47. The second kappa shape index (κ2) is 2.59. The Morgan fingerprint density at radius 3 is 2.77 bits per heavy atom. The van der Waals surface area contributed by atoms with E-state index in [1.54, 1.807) is 0 Å². The van der Waals surface area contributed by atoms with E-state index < -0.39 is 0 Å². The van der Waals surface area contributed by atoms with E-state index in [2.05, 4.69) is 0 Å². The third-order valence-electron chi connectivity index (χ3n) is 2.33. The number of para-hydroxylation sites is 1. The molecule has 0 fully saturated rings. The summed E-state index contributed by atoms with van der Waals surface area (Å²) in [5.74, 6) is 0.890. The molecule has 0 bridgehead atoms. The van der Waals surface area contributed by atoms with Crippen molar-refractivity contribution in [2.45, 2.75) is 13.8 Å². The number of fused-ring (bicyclic) bond motifs is 1. The maximum Gasteiger partial charge on any atom is 0.175 e. The SMILES string of the molecule is CC1(C)COc2ccccc2C1=O. The predicted molar refractivity (Wildman–Crippen MR) is 50.0 cm³/mol. The highest BCUT2D eigenvalue weighted by Crippen LogP contribution is 2.33. The standard InChI is InChI=1S/C11H12O2/c1-11(2)7-13-9-6-4-3-5-8(9)10(11)12/h3-6H,7H2,1-2H3. The van der Waals surface area contributed by atoms with Crippen LogP contribution >= 0.6 is 0 Å². The molecule has 0 spiro atoms. The average molecular weight is 176 g/mol. The van der Waals surface area contributed by atoms with Crippen molar-refractivity contribution in [3.05, 3.63) is 29.8 Å². The Kier molecular flexibility index (Phi) is 1.65. The molecule has 68 valence electrons. The van der Waals surface area contributed by atoms with Crippen molar-refractivity contribution in [2.75, 3.05) is 6.61 Å². The molecule has 13 heavy (non-hydrogen) atoms. The van der Waals surface area contributed by atoms with Gasteiger partial charge in [-0.1, -0.05) is 12.1 Å². The molecule has 0 amide bonds. The van der Waals surface area contributed by atoms with E-state index in [4.69, 9.17) is 4.74 Å². The molecule has 0 aromatic heterocycles. The van der Waals surface area contributed by atoms with Gasteiger partial charge >= 0.3 is 0 Å². The molecule has 0 N–H and O–H groups in total. The predicted octanol–water partition coefficient (Wildman–Crippen LogP) is 2.29. The molecule has 0 atom stereocenters. The van der Waals surface area contributed by atoms with Crippen molar-refractivity contribution in [3.8, 4) is 5.75 Å². The largest absolute Gasteiger partial charge is 0.492 e. The van der Waals surface area contributed by atoms with E-state index in [9.17, 15) is 4.79 Å². The fraction of sp³-hybridized carbons (Fsp3) is 0.364. The number of benzene rings is 1. The Bertz CT molecular complexity index is 353. The van der Waals surface area contributed by atoms with Crippen molar-refractivity contribution in [2.24, 2.45) is 5.41 Å². The van der Waals surface area contributed by atoms with Crippen LogP contribution in [0.4, 0.5) is 0 Å². The van der Waals surface area contributed by atoms with Gasteiger partial charge in [0.05, 0.1) is 11.0 Å². The van der Waals surface area contributed by atoms with E-state index in [0.717, 1.165) is 0 Å². The summed E-state index contributed by atoms with van der Waals surface area (Å²) in [6.45, 7) is 4.29. The normalized spacial score (nSPS) is 19.1. The first kappa shape index (κ1) is 8.30. The summed E-state index contributed by atoms with van der Waals surface area (Å²) in [5.41, 5.74) is 0.327. The van der Waals surface area contributed by atoms with Crippen LogP contribution in [0.5, 0.6) is 5.75 Å². The van der Waals surface area contributed by atoms with Crippen molar-refractivity contribution < 1.29 is 9.53 Å². The van der Waals surface area contributed by atoms with Gasteiger partial charge in [0.25, 0.3) is 0 Å². The first-order chi connectivity index (χ1) is 6.11. The number of ketones is 1. The molecule has 0 saturated carbocycles. The topological polar surface area (TPSA) is 26.3 Å². The summed E-state index contributed by atoms with van der Waals surface area (Å²) in [4.78, 5) is 11.9. The molecule has 0 radical (unpaired) electrons. The van der Waals surface area contributed by atoms with E-state index >= 15 is 0 Å². The quantitative estimate of drug-likeness (QED) is 0.606. The Labute approximate surface area is 77.5 Å². The summed E-state index contributed by atoms with van der Waals surface area (Å²) >= 11 is 0. The summed E-state index contributed by atoms with van der Waals surface area (Å²) < 4.78 is 5.49. The highest BCUT2D eigenvalue weighted by Gasteiger charge is 2.35. The van der Waals surface area contributed by atoms with E-state index in [1.807, 2.05) is 38.1 Å². The summed E-state index contributed by atoms with van der Waals surface area (Å²) in [6, 6.07) is 7.40. The minimum Gasteiger partial charge on any atom is -0.492 e. The summed E-state index contributed by atoms with van der Waals surface area (Å²) in [7, 11) is 0. The van der Waals surface area contributed by atoms with E-state index in [-0.39, 0.29) is 11.2 Å². The van der Waals surface area contributed by atoms with Gasteiger partial charge in [-0.3, -0.25) is 4.79 Å². The van der Waals surface area contributed by atoms with Crippen LogP contribution in [0.3, 0.4) is 0 Å². The van der Waals surface area contributed by atoms with Gasteiger partial charge in [0, 0.05) is 0 Å². The van der Waals surface area contributed by atoms with Gasteiger partial charge in [-0.15, -0.1) is 0 Å². The number of carbonyl (C=O) groups excluding carboxylic acids is 1. The lowest BCUT2D eigenvalue weighted by atomic mass is 9.83. The molecule has 1 aliphatic heterocycles. The second-order valence-electron chi connectivity index (χ2n) is 4.00. The van der Waals surface area contributed by atoms with E-state index in [0.29, 0.717) is 17.9 Å². The van der Waals surface area contributed by atoms with Crippen LogP contribution < -0.4 is 4.74 Å². The molecule has 1 aliphatic rings. The Hall–Kier alpha value is -1.31. The van der Waals surface area contributed by atoms with Gasteiger partial charge in [0.2, 0.25) is 0 Å². The van der Waals surface area contributed by atoms with Crippen LogP contribution in [0, 0.1) is 5.41 Å². The second-order valence-corrected chi connectivity index (χ2v) is 4.00. The number of ether oxygens (including phenoxy) is 1. The minimum absolute atomic E-state index is 0.175. The third-order valence-corrected chi connectivity index (χ3v) is 2.33. The van der Waals surface area contributed by atoms with Crippen LogP contribution in [0.25, 0.3) is 0 Å². The lowest BCUT2D eigenvalue weighted by molar-refractivity contribution is 0.0692. The number of hydrogen-bond donors (Lipinski definition) is 0. The monoisotopic (exact) mass is 176 g/mol. The fourth-order valence-corrected chi connectivity index (χ4v) is 1.47. The van der Waals surface area contributed by atoms with Crippen LogP contribution in [0.15, 0.2) is 24.3 Å². The molecule has 2 nitrogen and oxygen atoms in total. The maximum absolute atomic E-state index is 11.9. The number of carbonyl (C=O) groups is 1. The Morgan fingerprint density at radius 2 is 2.00 bits per heavy atom. The highest BCUT2D eigenvalue weighted by atomic mass is 16.5. The van der Waals surface area contributed by atoms with Crippen LogP contribution in [-0.2, 0) is 0 Å². The molecule has 0 unspecified atom stereocenters. The zero-order valence-electron chi connectivity index (χ0n) is 7.83. The van der Waals surface area contributed by atoms with Crippen molar-refractivity contribution >= 4 is 5.78 Å². The van der Waals surface area contributed by atoms with Crippen LogP contribution in [0.1, 0.15) is 24.2 Å². The van der Waals surface area contributed by atoms with Crippen molar-refractivity contribution in [1.82, 2.24) is 0 Å². The smallest absolute Gasteiger partial charge is 0.175 e. The number of hydrogen-bond acceptors (Lipinski definition) is 2. The Morgan fingerprint density at radius 1 is 1.31 bits per heavy atom. The molecular formula is C11H12O2. The summed E-state index contributed by atoms with van der Waals surface area (Å²) in [5, 5.41) is 0. The van der Waals surface area contributed by atoms with Crippen molar-refractivity contribution in [1.29, 1.82) is 0 Å². The molecular weight excluding hydrogens is 164 g/mol. The lowest BCUT2D eigenvalue weighted by Crippen LogP contribution is -2.35. The van der Waals surface area contributed by atoms with E-state index in [1.165, 1.54) is 0 Å². The first-order valence-corrected chi connectivity index (χ1v) is 4.38. The highest BCUT2D eigenvalue weighted by molar-refractivity contribution is 6.03. The first-order valence-electron chi connectivity index (χ1n) is 4.38. The van der Waals surface area contributed by atoms with Crippen molar-refractivity contribution in [3.63, 3.8) is 0 Å². The lowest BCUT2D eigenvalue weighted by Gasteiger charge is -2.29. The van der Waals surface area contributed by atoms with Gasteiger partial charge in [-0.05, 0) is 26.0 Å². The molecule has 1 heterocycles. The zero-order valence-corrected chi connectivity index (χ0v) is 7.83. The third kappa shape index (κ3) is 1.22.